The molecule has 1 aliphatic rings. The fraction of sp³-hybridized carbons (Fsp3) is 0.727. The van der Waals surface area contributed by atoms with Crippen LogP contribution in [-0.2, 0) is 17.7 Å². The minimum atomic E-state index is 0.687. The van der Waals surface area contributed by atoms with Crippen LogP contribution in [0.5, 0.6) is 0 Å². The quantitative estimate of drug-likeness (QED) is 0.850. The predicted molar refractivity (Wildman–Crippen MR) is 62.1 cm³/mol. The first kappa shape index (κ1) is 11.0. The molecule has 2 heterocycles. The second-order valence-corrected chi connectivity index (χ2v) is 4.99. The molecule has 3 nitrogen and oxygen atoms in total. The highest BCUT2D eigenvalue weighted by Gasteiger charge is 2.15. The van der Waals surface area contributed by atoms with Crippen molar-refractivity contribution in [2.45, 2.75) is 25.8 Å². The molecule has 1 aromatic heterocycles. The van der Waals surface area contributed by atoms with Crippen LogP contribution in [0.25, 0.3) is 0 Å². The average Bonchev–Trinajstić information content (AvgIpc) is 2.68. The predicted octanol–water partition coefficient (Wildman–Crippen LogP) is 1.83. The van der Waals surface area contributed by atoms with Crippen LogP contribution in [0.3, 0.4) is 0 Å². The second kappa shape index (κ2) is 5.58. The molecule has 1 atom stereocenters. The van der Waals surface area contributed by atoms with Gasteiger partial charge in [-0.25, -0.2) is 4.98 Å². The Kier molecular flexibility index (Phi) is 4.11. The summed E-state index contributed by atoms with van der Waals surface area (Å²) >= 11 is 1.78. The first-order valence-corrected chi connectivity index (χ1v) is 6.42. The van der Waals surface area contributed by atoms with Crippen molar-refractivity contribution in [3.63, 3.8) is 0 Å². The van der Waals surface area contributed by atoms with Crippen LogP contribution in [0.2, 0.25) is 0 Å². The minimum Gasteiger partial charge on any atom is -0.381 e. The van der Waals surface area contributed by atoms with E-state index < -0.39 is 0 Å². The van der Waals surface area contributed by atoms with Gasteiger partial charge in [-0.05, 0) is 25.8 Å². The molecule has 4 heteroatoms. The summed E-state index contributed by atoms with van der Waals surface area (Å²) in [5, 5.41) is 6.53. The summed E-state index contributed by atoms with van der Waals surface area (Å²) in [4.78, 5) is 4.59. The van der Waals surface area contributed by atoms with Crippen LogP contribution >= 0.6 is 11.3 Å². The second-order valence-electron chi connectivity index (χ2n) is 4.05. The lowest BCUT2D eigenvalue weighted by Crippen LogP contribution is -2.19. The fourth-order valence-corrected chi connectivity index (χ4v) is 2.83. The Hall–Kier alpha value is -0.450. The molecule has 1 saturated heterocycles. The van der Waals surface area contributed by atoms with Crippen LogP contribution in [0.1, 0.15) is 23.5 Å². The highest BCUT2D eigenvalue weighted by atomic mass is 32.1. The third kappa shape index (κ3) is 3.26. The fourth-order valence-electron chi connectivity index (χ4n) is 1.92. The van der Waals surface area contributed by atoms with E-state index in [0.29, 0.717) is 5.92 Å². The maximum Gasteiger partial charge on any atom is 0.0932 e. The number of aromatic nitrogens is 1. The Morgan fingerprint density at radius 1 is 1.67 bits per heavy atom. The molecule has 1 aromatic rings. The van der Waals surface area contributed by atoms with Gasteiger partial charge < -0.3 is 10.1 Å². The van der Waals surface area contributed by atoms with E-state index in [1.807, 2.05) is 7.05 Å². The summed E-state index contributed by atoms with van der Waals surface area (Å²) in [6.07, 6.45) is 3.59. The third-order valence-electron chi connectivity index (χ3n) is 2.68. The Morgan fingerprint density at radius 2 is 2.60 bits per heavy atom. The van der Waals surface area contributed by atoms with Gasteiger partial charge in [-0.1, -0.05) is 0 Å². The van der Waals surface area contributed by atoms with Crippen molar-refractivity contribution in [3.05, 3.63) is 16.1 Å². The van der Waals surface area contributed by atoms with E-state index in [2.05, 4.69) is 15.7 Å². The van der Waals surface area contributed by atoms with Gasteiger partial charge >= 0.3 is 0 Å². The van der Waals surface area contributed by atoms with Gasteiger partial charge in [0.15, 0.2) is 0 Å². The molecule has 84 valence electrons. The zero-order chi connectivity index (χ0) is 10.5. The number of thiazole rings is 1. The lowest BCUT2D eigenvalue weighted by atomic mass is 9.99. The van der Waals surface area contributed by atoms with E-state index in [4.69, 9.17) is 4.74 Å². The first-order valence-electron chi connectivity index (χ1n) is 5.54. The molecule has 0 saturated carbocycles. The van der Waals surface area contributed by atoms with Gasteiger partial charge in [-0.2, -0.15) is 0 Å². The van der Waals surface area contributed by atoms with Crippen molar-refractivity contribution >= 4 is 11.3 Å². The SMILES string of the molecule is CNCc1csc(CC2CCCOC2)n1. The molecular formula is C11H18N2OS. The molecule has 1 unspecified atom stereocenters. The molecule has 1 N–H and O–H groups in total. The summed E-state index contributed by atoms with van der Waals surface area (Å²) in [7, 11) is 1.95. The molecule has 1 fully saturated rings. The van der Waals surface area contributed by atoms with E-state index >= 15 is 0 Å². The van der Waals surface area contributed by atoms with Crippen LogP contribution in [-0.4, -0.2) is 25.2 Å². The average molecular weight is 226 g/mol. The Balaban J connectivity index is 1.86. The van der Waals surface area contributed by atoms with Gasteiger partial charge in [-0.15, -0.1) is 11.3 Å². The van der Waals surface area contributed by atoms with E-state index in [9.17, 15) is 0 Å². The molecule has 0 spiro atoms. The standard InChI is InChI=1S/C11H18N2OS/c1-12-6-10-8-15-11(13-10)5-9-3-2-4-14-7-9/h8-9,12H,2-7H2,1H3. The first-order chi connectivity index (χ1) is 7.38. The maximum atomic E-state index is 5.47. The lowest BCUT2D eigenvalue weighted by molar-refractivity contribution is 0.0550. The zero-order valence-corrected chi connectivity index (χ0v) is 9.98. The van der Waals surface area contributed by atoms with E-state index in [1.165, 1.54) is 17.8 Å². The molecule has 1 aliphatic heterocycles. The molecule has 2 rings (SSSR count). The molecule has 0 bridgehead atoms. The summed E-state index contributed by atoms with van der Waals surface area (Å²) < 4.78 is 5.47. The normalized spacial score (nSPS) is 21.8. The van der Waals surface area contributed by atoms with Crippen molar-refractivity contribution in [1.82, 2.24) is 10.3 Å². The van der Waals surface area contributed by atoms with Crippen LogP contribution in [0.15, 0.2) is 5.38 Å². The number of hydrogen-bond donors (Lipinski definition) is 1. The van der Waals surface area contributed by atoms with Crippen LogP contribution < -0.4 is 5.32 Å². The highest BCUT2D eigenvalue weighted by Crippen LogP contribution is 2.21. The van der Waals surface area contributed by atoms with E-state index in [-0.39, 0.29) is 0 Å². The van der Waals surface area contributed by atoms with Crippen molar-refractivity contribution in [3.8, 4) is 0 Å². The molecule has 0 amide bonds. The van der Waals surface area contributed by atoms with Crippen molar-refractivity contribution < 1.29 is 4.74 Å². The summed E-state index contributed by atoms with van der Waals surface area (Å²) in [6.45, 7) is 2.73. The Bertz CT molecular complexity index is 295. The van der Waals surface area contributed by atoms with Gasteiger partial charge in [0.25, 0.3) is 0 Å². The molecule has 0 aromatic carbocycles. The van der Waals surface area contributed by atoms with Gasteiger partial charge in [0.1, 0.15) is 0 Å². The summed E-state index contributed by atoms with van der Waals surface area (Å²) in [6, 6.07) is 0. The van der Waals surface area contributed by atoms with Gasteiger partial charge in [0.05, 0.1) is 10.7 Å². The number of rotatable bonds is 4. The minimum absolute atomic E-state index is 0.687. The van der Waals surface area contributed by atoms with Crippen molar-refractivity contribution in [2.24, 2.45) is 5.92 Å². The zero-order valence-electron chi connectivity index (χ0n) is 9.16. The molecule has 0 aliphatic carbocycles. The van der Waals surface area contributed by atoms with Crippen molar-refractivity contribution in [2.75, 3.05) is 20.3 Å². The Morgan fingerprint density at radius 3 is 3.33 bits per heavy atom. The molecule has 15 heavy (non-hydrogen) atoms. The monoisotopic (exact) mass is 226 g/mol. The summed E-state index contributed by atoms with van der Waals surface area (Å²) in [5.41, 5.74) is 1.16. The van der Waals surface area contributed by atoms with Gasteiger partial charge in [0, 0.05) is 31.6 Å². The molecule has 0 radical (unpaired) electrons. The summed E-state index contributed by atoms with van der Waals surface area (Å²) in [5.74, 6) is 0.687. The largest absolute Gasteiger partial charge is 0.381 e. The number of hydrogen-bond acceptors (Lipinski definition) is 4. The Labute approximate surface area is 94.9 Å². The van der Waals surface area contributed by atoms with Crippen molar-refractivity contribution in [1.29, 1.82) is 0 Å². The number of ether oxygens (including phenoxy) is 1. The van der Waals surface area contributed by atoms with Crippen LogP contribution in [0.4, 0.5) is 0 Å². The highest BCUT2D eigenvalue weighted by molar-refractivity contribution is 7.09. The number of nitrogens with zero attached hydrogens (tertiary/aromatic N) is 1. The topological polar surface area (TPSA) is 34.1 Å². The van der Waals surface area contributed by atoms with Crippen LogP contribution in [0, 0.1) is 5.92 Å². The lowest BCUT2D eigenvalue weighted by Gasteiger charge is -2.20. The smallest absolute Gasteiger partial charge is 0.0932 e. The number of nitrogens with one attached hydrogen (secondary N) is 1. The van der Waals surface area contributed by atoms with E-state index in [1.54, 1.807) is 11.3 Å². The van der Waals surface area contributed by atoms with Gasteiger partial charge in [0.2, 0.25) is 0 Å². The third-order valence-corrected chi connectivity index (χ3v) is 3.60. The maximum absolute atomic E-state index is 5.47. The van der Waals surface area contributed by atoms with Gasteiger partial charge in [-0.3, -0.25) is 0 Å². The van der Waals surface area contributed by atoms with E-state index in [0.717, 1.165) is 31.9 Å². The molecular weight excluding hydrogens is 208 g/mol.